The van der Waals surface area contributed by atoms with Gasteiger partial charge in [0.05, 0.1) is 12.1 Å². The number of hydrogen-bond donors (Lipinski definition) is 1. The molecular weight excluding hydrogens is 446 g/mol. The van der Waals surface area contributed by atoms with Gasteiger partial charge in [-0.25, -0.2) is 8.78 Å². The van der Waals surface area contributed by atoms with E-state index in [0.717, 1.165) is 12.1 Å². The summed E-state index contributed by atoms with van der Waals surface area (Å²) in [5.41, 5.74) is -0.289. The summed E-state index contributed by atoms with van der Waals surface area (Å²) in [6, 6.07) is 9.44. The fraction of sp³-hybridized carbons (Fsp3) is 0.318. The van der Waals surface area contributed by atoms with E-state index in [1.54, 1.807) is 31.3 Å². The lowest BCUT2D eigenvalue weighted by Crippen LogP contribution is -2.34. The summed E-state index contributed by atoms with van der Waals surface area (Å²) in [7, 11) is 1.56. The van der Waals surface area contributed by atoms with Crippen LogP contribution in [-0.2, 0) is 14.3 Å². The minimum absolute atomic E-state index is 0.0388. The van der Waals surface area contributed by atoms with Gasteiger partial charge in [0.25, 0.3) is 11.8 Å². The number of nitrogens with one attached hydrogen (secondary N) is 1. The Morgan fingerprint density at radius 2 is 1.81 bits per heavy atom. The van der Waals surface area contributed by atoms with Crippen molar-refractivity contribution in [3.63, 3.8) is 0 Å². The molecule has 32 heavy (non-hydrogen) atoms. The van der Waals surface area contributed by atoms with Gasteiger partial charge in [-0.1, -0.05) is 11.6 Å². The normalized spacial score (nSPS) is 10.4. The Labute approximate surface area is 189 Å². The molecule has 0 aromatic heterocycles. The fourth-order valence-electron chi connectivity index (χ4n) is 2.48. The van der Waals surface area contributed by atoms with Crippen molar-refractivity contribution in [2.75, 3.05) is 33.4 Å². The number of rotatable bonds is 11. The van der Waals surface area contributed by atoms with E-state index in [1.165, 1.54) is 4.90 Å². The third-order valence-electron chi connectivity index (χ3n) is 4.31. The Kier molecular flexibility index (Phi) is 9.87. The summed E-state index contributed by atoms with van der Waals surface area (Å²) in [4.78, 5) is 37.0. The van der Waals surface area contributed by atoms with Crippen LogP contribution in [0.5, 0.6) is 5.75 Å². The van der Waals surface area contributed by atoms with Crippen LogP contribution in [0.1, 0.15) is 23.2 Å². The smallest absolute Gasteiger partial charge is 0.306 e. The molecule has 1 N–H and O–H groups in total. The van der Waals surface area contributed by atoms with E-state index in [0.29, 0.717) is 23.4 Å². The number of nitrogens with zero attached hydrogens (tertiary/aromatic N) is 1. The van der Waals surface area contributed by atoms with Crippen molar-refractivity contribution in [1.82, 2.24) is 10.2 Å². The Bertz CT molecular complexity index is 940. The van der Waals surface area contributed by atoms with E-state index in [1.807, 2.05) is 0 Å². The maximum atomic E-state index is 13.5. The number of hydrogen-bond acceptors (Lipinski definition) is 5. The summed E-state index contributed by atoms with van der Waals surface area (Å²) in [6.45, 7) is 0.223. The van der Waals surface area contributed by atoms with Gasteiger partial charge >= 0.3 is 5.97 Å². The fourth-order valence-corrected chi connectivity index (χ4v) is 2.61. The summed E-state index contributed by atoms with van der Waals surface area (Å²) in [5, 5.41) is 3.03. The lowest BCUT2D eigenvalue weighted by Gasteiger charge is -2.17. The molecule has 0 unspecified atom stereocenters. The van der Waals surface area contributed by atoms with Crippen LogP contribution in [0.15, 0.2) is 42.5 Å². The quantitative estimate of drug-likeness (QED) is 0.404. The number of esters is 1. The number of benzene rings is 2. The highest BCUT2D eigenvalue weighted by Gasteiger charge is 2.14. The maximum absolute atomic E-state index is 13.5. The van der Waals surface area contributed by atoms with Gasteiger partial charge < -0.3 is 19.7 Å². The second-order valence-electron chi connectivity index (χ2n) is 6.76. The monoisotopic (exact) mass is 468 g/mol. The lowest BCUT2D eigenvalue weighted by atomic mass is 10.2. The molecule has 0 aliphatic carbocycles. The van der Waals surface area contributed by atoms with Crippen molar-refractivity contribution < 1.29 is 32.6 Å². The Morgan fingerprint density at radius 1 is 1.09 bits per heavy atom. The van der Waals surface area contributed by atoms with Gasteiger partial charge in [-0.15, -0.1) is 0 Å². The van der Waals surface area contributed by atoms with Crippen LogP contribution in [0.4, 0.5) is 8.78 Å². The molecule has 0 saturated heterocycles. The molecule has 2 rings (SSSR count). The maximum Gasteiger partial charge on any atom is 0.306 e. The average molecular weight is 469 g/mol. The molecule has 2 amide bonds. The molecule has 0 radical (unpaired) electrons. The van der Waals surface area contributed by atoms with Gasteiger partial charge in [-0.3, -0.25) is 14.4 Å². The van der Waals surface area contributed by atoms with Crippen LogP contribution in [0.3, 0.4) is 0 Å². The molecule has 2 aromatic rings. The first-order valence-electron chi connectivity index (χ1n) is 9.77. The van der Waals surface area contributed by atoms with E-state index in [9.17, 15) is 23.2 Å². The zero-order valence-electron chi connectivity index (χ0n) is 17.4. The highest BCUT2D eigenvalue weighted by Crippen LogP contribution is 2.15. The third-order valence-corrected chi connectivity index (χ3v) is 4.56. The summed E-state index contributed by atoms with van der Waals surface area (Å²) >= 11 is 5.79. The molecular formula is C22H23ClF2N2O5. The summed E-state index contributed by atoms with van der Waals surface area (Å²) in [5.74, 6) is -2.84. The molecule has 0 atom stereocenters. The van der Waals surface area contributed by atoms with E-state index < -0.39 is 36.0 Å². The van der Waals surface area contributed by atoms with Gasteiger partial charge in [0.1, 0.15) is 24.0 Å². The van der Waals surface area contributed by atoms with Crippen LogP contribution >= 0.6 is 11.6 Å². The first-order valence-corrected chi connectivity index (χ1v) is 10.1. The molecule has 7 nitrogen and oxygen atoms in total. The molecule has 0 fully saturated rings. The van der Waals surface area contributed by atoms with Gasteiger partial charge in [0, 0.05) is 31.1 Å². The third kappa shape index (κ3) is 8.50. The molecule has 10 heteroatoms. The lowest BCUT2D eigenvalue weighted by molar-refractivity contribution is -0.151. The van der Waals surface area contributed by atoms with Crippen molar-refractivity contribution in [1.29, 1.82) is 0 Å². The highest BCUT2D eigenvalue weighted by atomic mass is 35.5. The van der Waals surface area contributed by atoms with Gasteiger partial charge in [0.15, 0.2) is 6.61 Å². The van der Waals surface area contributed by atoms with E-state index in [4.69, 9.17) is 21.1 Å². The minimum atomic E-state index is -0.969. The largest absolute Gasteiger partial charge is 0.492 e. The number of carbonyl (C=O) groups excluding carboxylic acids is 3. The zero-order valence-corrected chi connectivity index (χ0v) is 18.2. The predicted octanol–water partition coefficient (Wildman–Crippen LogP) is 3.21. The van der Waals surface area contributed by atoms with Gasteiger partial charge in [-0.2, -0.15) is 0 Å². The predicted molar refractivity (Wildman–Crippen MR) is 113 cm³/mol. The molecule has 2 aromatic carbocycles. The zero-order chi connectivity index (χ0) is 23.5. The highest BCUT2D eigenvalue weighted by molar-refractivity contribution is 6.30. The SMILES string of the molecule is CN(CCOc1ccc(Cl)cc1)C(=O)COC(=O)CCCNC(=O)c1ccc(F)cc1F. The van der Waals surface area contributed by atoms with E-state index in [-0.39, 0.29) is 31.6 Å². The number of amides is 2. The van der Waals surface area contributed by atoms with Crippen molar-refractivity contribution >= 4 is 29.4 Å². The van der Waals surface area contributed by atoms with Crippen LogP contribution in [0.25, 0.3) is 0 Å². The number of halogens is 3. The average Bonchev–Trinajstić information content (AvgIpc) is 2.76. The topological polar surface area (TPSA) is 84.9 Å². The second-order valence-corrected chi connectivity index (χ2v) is 7.20. The standard InChI is InChI=1S/C22H23ClF2N2O5/c1-27(11-12-31-17-7-4-15(23)5-8-17)20(28)14-32-21(29)3-2-10-26-22(30)18-9-6-16(24)13-19(18)25/h4-9,13H,2-3,10-12,14H2,1H3,(H,26,30). The summed E-state index contributed by atoms with van der Waals surface area (Å²) in [6.07, 6.45) is 0.190. The molecule has 0 saturated carbocycles. The molecule has 0 heterocycles. The van der Waals surface area contributed by atoms with E-state index >= 15 is 0 Å². The molecule has 0 aliphatic rings. The van der Waals surface area contributed by atoms with Crippen molar-refractivity contribution in [2.45, 2.75) is 12.8 Å². The number of carbonyl (C=O) groups is 3. The first kappa shape index (κ1) is 25.1. The first-order chi connectivity index (χ1) is 15.3. The van der Waals surface area contributed by atoms with Crippen LogP contribution < -0.4 is 10.1 Å². The molecule has 0 spiro atoms. The van der Waals surface area contributed by atoms with Crippen LogP contribution in [0.2, 0.25) is 5.02 Å². The summed E-state index contributed by atoms with van der Waals surface area (Å²) < 4.78 is 36.8. The molecule has 172 valence electrons. The van der Waals surface area contributed by atoms with Crippen LogP contribution in [-0.4, -0.2) is 56.0 Å². The minimum Gasteiger partial charge on any atom is -0.492 e. The number of likely N-dealkylation sites (N-methyl/N-ethyl adjacent to an activating group) is 1. The van der Waals surface area contributed by atoms with Crippen molar-refractivity contribution in [3.05, 3.63) is 64.7 Å². The second kappa shape index (κ2) is 12.6. The van der Waals surface area contributed by atoms with Crippen molar-refractivity contribution in [3.8, 4) is 5.75 Å². The molecule has 0 bridgehead atoms. The van der Waals surface area contributed by atoms with Gasteiger partial charge in [0.2, 0.25) is 0 Å². The van der Waals surface area contributed by atoms with Crippen molar-refractivity contribution in [2.24, 2.45) is 0 Å². The molecule has 0 aliphatic heterocycles. The van der Waals surface area contributed by atoms with Crippen LogP contribution in [0, 0.1) is 11.6 Å². The van der Waals surface area contributed by atoms with Gasteiger partial charge in [-0.05, 0) is 42.8 Å². The Hall–Kier alpha value is -3.20. The van der Waals surface area contributed by atoms with E-state index in [2.05, 4.69) is 5.32 Å². The Morgan fingerprint density at radius 3 is 2.50 bits per heavy atom. The Balaban J connectivity index is 1.58. The number of ether oxygens (including phenoxy) is 2.